The van der Waals surface area contributed by atoms with Gasteiger partial charge >= 0.3 is 0 Å². The Bertz CT molecular complexity index is 530. The molecule has 1 saturated heterocycles. The van der Waals surface area contributed by atoms with Gasteiger partial charge in [0.05, 0.1) is 11.5 Å². The van der Waals surface area contributed by atoms with Gasteiger partial charge in [-0.1, -0.05) is 11.6 Å². The predicted octanol–water partition coefficient (Wildman–Crippen LogP) is 0.0336. The number of aromatic nitrogens is 1. The number of halogens is 1. The lowest BCUT2D eigenvalue weighted by atomic mass is 10.4. The van der Waals surface area contributed by atoms with E-state index in [0.29, 0.717) is 32.7 Å². The SMILES string of the molecule is O=S(=O)(c1ccnc(Cl)c1)N1CCN(CCO)CC1. The maximum Gasteiger partial charge on any atom is 0.243 e. The fourth-order valence-electron chi connectivity index (χ4n) is 2.03. The molecule has 0 aliphatic carbocycles. The highest BCUT2D eigenvalue weighted by molar-refractivity contribution is 7.89. The van der Waals surface area contributed by atoms with Gasteiger partial charge in [0, 0.05) is 38.9 Å². The minimum Gasteiger partial charge on any atom is -0.395 e. The second kappa shape index (κ2) is 6.15. The van der Waals surface area contributed by atoms with Crippen LogP contribution in [0.25, 0.3) is 0 Å². The van der Waals surface area contributed by atoms with Crippen LogP contribution < -0.4 is 0 Å². The number of hydrogen-bond acceptors (Lipinski definition) is 5. The average Bonchev–Trinajstić information content (AvgIpc) is 2.40. The molecule has 106 valence electrons. The lowest BCUT2D eigenvalue weighted by Crippen LogP contribution is -2.49. The summed E-state index contributed by atoms with van der Waals surface area (Å²) in [4.78, 5) is 5.98. The van der Waals surface area contributed by atoms with Crippen LogP contribution in [0.3, 0.4) is 0 Å². The standard InChI is InChI=1S/C11H16ClN3O3S/c12-11-9-10(1-2-13-11)19(17,18)15-5-3-14(4-6-15)7-8-16/h1-2,9,16H,3-8H2. The lowest BCUT2D eigenvalue weighted by molar-refractivity contribution is 0.151. The number of aliphatic hydroxyl groups excluding tert-OH is 1. The molecule has 1 aromatic heterocycles. The van der Waals surface area contributed by atoms with Gasteiger partial charge in [-0.15, -0.1) is 0 Å². The molecule has 1 aliphatic rings. The van der Waals surface area contributed by atoms with Crippen LogP contribution in [0.2, 0.25) is 5.15 Å². The third-order valence-electron chi connectivity index (χ3n) is 3.08. The molecule has 0 bridgehead atoms. The molecule has 2 heterocycles. The average molecular weight is 306 g/mol. The van der Waals surface area contributed by atoms with E-state index in [9.17, 15) is 8.42 Å². The Morgan fingerprint density at radius 1 is 1.32 bits per heavy atom. The van der Waals surface area contributed by atoms with E-state index in [1.807, 2.05) is 4.90 Å². The molecule has 6 nitrogen and oxygen atoms in total. The van der Waals surface area contributed by atoms with Gasteiger partial charge in [0.2, 0.25) is 10.0 Å². The zero-order chi connectivity index (χ0) is 13.9. The number of rotatable bonds is 4. The molecule has 0 aromatic carbocycles. The highest BCUT2D eigenvalue weighted by atomic mass is 35.5. The normalized spacial score (nSPS) is 18.6. The Morgan fingerprint density at radius 3 is 2.58 bits per heavy atom. The second-order valence-electron chi connectivity index (χ2n) is 4.28. The van der Waals surface area contributed by atoms with Gasteiger partial charge in [-0.05, 0) is 12.1 Å². The zero-order valence-electron chi connectivity index (χ0n) is 10.4. The summed E-state index contributed by atoms with van der Waals surface area (Å²) < 4.78 is 26.2. The Morgan fingerprint density at radius 2 is 2.00 bits per heavy atom. The molecule has 0 saturated carbocycles. The Balaban J connectivity index is 2.10. The molecular formula is C11H16ClN3O3S. The van der Waals surface area contributed by atoms with Crippen molar-refractivity contribution in [1.82, 2.24) is 14.2 Å². The molecule has 0 atom stereocenters. The van der Waals surface area contributed by atoms with Crippen molar-refractivity contribution in [2.45, 2.75) is 4.90 Å². The van der Waals surface area contributed by atoms with Gasteiger partial charge in [0.25, 0.3) is 0 Å². The molecule has 8 heteroatoms. The topological polar surface area (TPSA) is 73.7 Å². The van der Waals surface area contributed by atoms with E-state index < -0.39 is 10.0 Å². The highest BCUT2D eigenvalue weighted by Gasteiger charge is 2.28. The molecular weight excluding hydrogens is 290 g/mol. The molecule has 0 spiro atoms. The smallest absolute Gasteiger partial charge is 0.243 e. The summed E-state index contributed by atoms with van der Waals surface area (Å²) in [6, 6.07) is 2.80. The Kier molecular flexibility index (Phi) is 4.75. The van der Waals surface area contributed by atoms with E-state index in [1.165, 1.54) is 22.6 Å². The molecule has 19 heavy (non-hydrogen) atoms. The maximum absolute atomic E-state index is 12.4. The van der Waals surface area contributed by atoms with E-state index in [0.717, 1.165) is 0 Å². The lowest BCUT2D eigenvalue weighted by Gasteiger charge is -2.33. The van der Waals surface area contributed by atoms with Crippen molar-refractivity contribution in [3.8, 4) is 0 Å². The monoisotopic (exact) mass is 305 g/mol. The summed E-state index contributed by atoms with van der Waals surface area (Å²) in [6.07, 6.45) is 1.39. The van der Waals surface area contributed by atoms with Crippen LogP contribution in [-0.2, 0) is 10.0 Å². The quantitative estimate of drug-likeness (QED) is 0.795. The van der Waals surface area contributed by atoms with E-state index in [4.69, 9.17) is 16.7 Å². The molecule has 1 fully saturated rings. The van der Waals surface area contributed by atoms with Crippen LogP contribution >= 0.6 is 11.6 Å². The van der Waals surface area contributed by atoms with Crippen LogP contribution in [-0.4, -0.2) is 67.0 Å². The fraction of sp³-hybridized carbons (Fsp3) is 0.545. The summed E-state index contributed by atoms with van der Waals surface area (Å²) in [5.74, 6) is 0. The summed E-state index contributed by atoms with van der Waals surface area (Å²) in [6.45, 7) is 2.75. The maximum atomic E-state index is 12.4. The van der Waals surface area contributed by atoms with Crippen LogP contribution in [0.4, 0.5) is 0 Å². The number of β-amino-alcohol motifs (C(OH)–C–C–N with tert-alkyl or cyclic N) is 1. The number of aliphatic hydroxyl groups is 1. The number of nitrogens with zero attached hydrogens (tertiary/aromatic N) is 3. The van der Waals surface area contributed by atoms with Gasteiger partial charge in [0.1, 0.15) is 5.15 Å². The number of hydrogen-bond donors (Lipinski definition) is 1. The molecule has 1 aromatic rings. The van der Waals surface area contributed by atoms with Crippen LogP contribution in [0.5, 0.6) is 0 Å². The van der Waals surface area contributed by atoms with Crippen LogP contribution in [0.1, 0.15) is 0 Å². The van der Waals surface area contributed by atoms with Crippen molar-refractivity contribution >= 4 is 21.6 Å². The minimum atomic E-state index is -3.50. The summed E-state index contributed by atoms with van der Waals surface area (Å²) in [7, 11) is -3.50. The van der Waals surface area contributed by atoms with Crippen molar-refractivity contribution in [2.75, 3.05) is 39.3 Å². The van der Waals surface area contributed by atoms with Crippen molar-refractivity contribution in [1.29, 1.82) is 0 Å². The first kappa shape index (κ1) is 14.7. The van der Waals surface area contributed by atoms with Crippen molar-refractivity contribution in [3.05, 3.63) is 23.5 Å². The number of piperazine rings is 1. The van der Waals surface area contributed by atoms with Gasteiger partial charge < -0.3 is 5.11 Å². The highest BCUT2D eigenvalue weighted by Crippen LogP contribution is 2.19. The van der Waals surface area contributed by atoms with E-state index in [1.54, 1.807) is 0 Å². The summed E-state index contributed by atoms with van der Waals surface area (Å²) >= 11 is 5.72. The molecule has 0 radical (unpaired) electrons. The van der Waals surface area contributed by atoms with Crippen molar-refractivity contribution in [2.24, 2.45) is 0 Å². The van der Waals surface area contributed by atoms with Gasteiger partial charge in [-0.2, -0.15) is 4.31 Å². The van der Waals surface area contributed by atoms with Crippen LogP contribution in [0, 0.1) is 0 Å². The second-order valence-corrected chi connectivity index (χ2v) is 6.61. The first-order valence-corrected chi connectivity index (χ1v) is 7.81. The number of sulfonamides is 1. The molecule has 1 aliphatic heterocycles. The third kappa shape index (κ3) is 3.43. The van der Waals surface area contributed by atoms with Crippen LogP contribution in [0.15, 0.2) is 23.2 Å². The van der Waals surface area contributed by atoms with Gasteiger partial charge in [-0.3, -0.25) is 4.90 Å². The van der Waals surface area contributed by atoms with E-state index in [2.05, 4.69) is 4.98 Å². The van der Waals surface area contributed by atoms with Gasteiger partial charge in [-0.25, -0.2) is 13.4 Å². The Hall–Kier alpha value is -0.730. The molecule has 2 rings (SSSR count). The van der Waals surface area contributed by atoms with Crippen molar-refractivity contribution in [3.63, 3.8) is 0 Å². The number of pyridine rings is 1. The summed E-state index contributed by atoms with van der Waals surface area (Å²) in [5.41, 5.74) is 0. The minimum absolute atomic E-state index is 0.0900. The molecule has 1 N–H and O–H groups in total. The first-order chi connectivity index (χ1) is 9.04. The summed E-state index contributed by atoms with van der Waals surface area (Å²) in [5, 5.41) is 9.02. The zero-order valence-corrected chi connectivity index (χ0v) is 11.9. The predicted molar refractivity (Wildman–Crippen MR) is 71.5 cm³/mol. The van der Waals surface area contributed by atoms with E-state index in [-0.39, 0.29) is 16.7 Å². The largest absolute Gasteiger partial charge is 0.395 e. The van der Waals surface area contributed by atoms with Gasteiger partial charge in [0.15, 0.2) is 0 Å². The van der Waals surface area contributed by atoms with E-state index >= 15 is 0 Å². The first-order valence-electron chi connectivity index (χ1n) is 5.99. The van der Waals surface area contributed by atoms with Crippen molar-refractivity contribution < 1.29 is 13.5 Å². The third-order valence-corrected chi connectivity index (χ3v) is 5.18. The molecule has 0 unspecified atom stereocenters. The Labute approximate surface area is 117 Å². The fourth-order valence-corrected chi connectivity index (χ4v) is 3.70. The molecule has 0 amide bonds.